The molecule has 0 spiro atoms. The molecule has 0 unspecified atom stereocenters. The van der Waals surface area contributed by atoms with Crippen molar-refractivity contribution in [2.45, 2.75) is 25.9 Å². The second-order valence-corrected chi connectivity index (χ2v) is 6.66. The second-order valence-electron chi connectivity index (χ2n) is 6.66. The molecule has 142 valence electrons. The Morgan fingerprint density at radius 3 is 2.96 bits per heavy atom. The summed E-state index contributed by atoms with van der Waals surface area (Å²) >= 11 is 0. The van der Waals surface area contributed by atoms with Crippen LogP contribution < -0.4 is 16.0 Å². The highest BCUT2D eigenvalue weighted by Gasteiger charge is 2.22. The lowest BCUT2D eigenvalue weighted by atomic mass is 10.1. The number of nitrogens with two attached hydrogens (primary N) is 1. The second kappa shape index (κ2) is 8.55. The van der Waals surface area contributed by atoms with Crippen LogP contribution in [0.3, 0.4) is 0 Å². The van der Waals surface area contributed by atoms with Crippen LogP contribution in [0.2, 0.25) is 0 Å². The SMILES string of the molecule is Cc1ccc2nc[nH]c2c1.NCc1ccc(N2CC[C@@H](NC=O)C2)cc1O. The monoisotopic (exact) mass is 367 g/mol. The number of aromatic hydroxyl groups is 1. The lowest BCUT2D eigenvalue weighted by Crippen LogP contribution is -2.31. The number of fused-ring (bicyclic) bond motifs is 1. The van der Waals surface area contributed by atoms with Crippen molar-refractivity contribution in [3.63, 3.8) is 0 Å². The van der Waals surface area contributed by atoms with Gasteiger partial charge in [0, 0.05) is 43.0 Å². The molecule has 0 aliphatic carbocycles. The fraction of sp³-hybridized carbons (Fsp3) is 0.300. The van der Waals surface area contributed by atoms with Gasteiger partial charge in [0.15, 0.2) is 0 Å². The summed E-state index contributed by atoms with van der Waals surface area (Å²) in [5, 5.41) is 12.5. The highest BCUT2D eigenvalue weighted by molar-refractivity contribution is 5.74. The minimum atomic E-state index is 0.198. The first kappa shape index (κ1) is 18.7. The van der Waals surface area contributed by atoms with E-state index < -0.39 is 0 Å². The lowest BCUT2D eigenvalue weighted by Gasteiger charge is -2.19. The molecule has 2 heterocycles. The molecular formula is C20H25N5O2. The van der Waals surface area contributed by atoms with Gasteiger partial charge >= 0.3 is 0 Å². The Labute approximate surface area is 158 Å². The van der Waals surface area contributed by atoms with E-state index in [9.17, 15) is 9.90 Å². The molecule has 1 aliphatic heterocycles. The summed E-state index contributed by atoms with van der Waals surface area (Å²) in [4.78, 5) is 19.7. The lowest BCUT2D eigenvalue weighted by molar-refractivity contribution is -0.110. The van der Waals surface area contributed by atoms with Crippen molar-refractivity contribution >= 4 is 23.1 Å². The quantitative estimate of drug-likeness (QED) is 0.528. The van der Waals surface area contributed by atoms with E-state index in [2.05, 4.69) is 39.2 Å². The average Bonchev–Trinajstić information content (AvgIpc) is 3.31. The molecular weight excluding hydrogens is 342 g/mol. The summed E-state index contributed by atoms with van der Waals surface area (Å²) in [5.41, 5.74) is 10.6. The molecule has 27 heavy (non-hydrogen) atoms. The summed E-state index contributed by atoms with van der Waals surface area (Å²) in [5.74, 6) is 0.233. The highest BCUT2D eigenvalue weighted by atomic mass is 16.3. The third-order valence-electron chi connectivity index (χ3n) is 4.72. The fourth-order valence-electron chi connectivity index (χ4n) is 3.20. The van der Waals surface area contributed by atoms with E-state index in [1.165, 1.54) is 5.56 Å². The third kappa shape index (κ3) is 4.57. The van der Waals surface area contributed by atoms with Crippen LogP contribution in [0.4, 0.5) is 5.69 Å². The molecule has 4 rings (SSSR count). The normalized spacial score (nSPS) is 16.1. The number of imidazole rings is 1. The molecule has 7 heteroatoms. The van der Waals surface area contributed by atoms with E-state index in [1.807, 2.05) is 18.2 Å². The van der Waals surface area contributed by atoms with Crippen LogP contribution in [0.15, 0.2) is 42.7 Å². The van der Waals surface area contributed by atoms with Crippen LogP contribution in [0, 0.1) is 6.92 Å². The van der Waals surface area contributed by atoms with Crippen molar-refractivity contribution in [2.75, 3.05) is 18.0 Å². The molecule has 0 bridgehead atoms. The maximum Gasteiger partial charge on any atom is 0.207 e. The minimum absolute atomic E-state index is 0.198. The van der Waals surface area contributed by atoms with Crippen molar-refractivity contribution in [3.05, 3.63) is 53.9 Å². The summed E-state index contributed by atoms with van der Waals surface area (Å²) in [7, 11) is 0. The number of nitrogens with zero attached hydrogens (tertiary/aromatic N) is 2. The third-order valence-corrected chi connectivity index (χ3v) is 4.72. The Kier molecular flexibility index (Phi) is 5.93. The van der Waals surface area contributed by atoms with Gasteiger partial charge in [-0.25, -0.2) is 4.98 Å². The topological polar surface area (TPSA) is 107 Å². The van der Waals surface area contributed by atoms with Gasteiger partial charge in [-0.3, -0.25) is 4.79 Å². The number of phenolic OH excluding ortho intramolecular Hbond substituents is 1. The maximum absolute atomic E-state index is 10.4. The van der Waals surface area contributed by atoms with Crippen LogP contribution >= 0.6 is 0 Å². The number of carbonyl (C=O) groups excluding carboxylic acids is 1. The van der Waals surface area contributed by atoms with Crippen molar-refractivity contribution < 1.29 is 9.90 Å². The number of carbonyl (C=O) groups is 1. The smallest absolute Gasteiger partial charge is 0.207 e. The molecule has 1 atom stereocenters. The zero-order valence-corrected chi connectivity index (χ0v) is 15.4. The number of rotatable bonds is 4. The Morgan fingerprint density at radius 1 is 1.37 bits per heavy atom. The first-order valence-electron chi connectivity index (χ1n) is 8.97. The van der Waals surface area contributed by atoms with Gasteiger partial charge in [-0.15, -0.1) is 0 Å². The van der Waals surface area contributed by atoms with Crippen LogP contribution in [-0.4, -0.2) is 40.6 Å². The molecule has 1 aromatic heterocycles. The summed E-state index contributed by atoms with van der Waals surface area (Å²) < 4.78 is 0. The van der Waals surface area contributed by atoms with Gasteiger partial charge in [0.05, 0.1) is 17.4 Å². The summed E-state index contributed by atoms with van der Waals surface area (Å²) in [6.45, 7) is 4.06. The van der Waals surface area contributed by atoms with Gasteiger partial charge in [0.25, 0.3) is 0 Å². The first-order chi connectivity index (χ1) is 13.1. The van der Waals surface area contributed by atoms with Crippen LogP contribution in [-0.2, 0) is 11.3 Å². The Hall–Kier alpha value is -3.06. The van der Waals surface area contributed by atoms with E-state index >= 15 is 0 Å². The van der Waals surface area contributed by atoms with E-state index in [4.69, 9.17) is 5.73 Å². The van der Waals surface area contributed by atoms with Gasteiger partial charge in [-0.1, -0.05) is 12.1 Å². The predicted octanol–water partition coefficient (Wildman–Crippen LogP) is 2.05. The van der Waals surface area contributed by atoms with Gasteiger partial charge in [-0.05, 0) is 37.1 Å². The van der Waals surface area contributed by atoms with Crippen LogP contribution in [0.1, 0.15) is 17.5 Å². The van der Waals surface area contributed by atoms with Crippen LogP contribution in [0.25, 0.3) is 11.0 Å². The number of nitrogens with one attached hydrogen (secondary N) is 2. The zero-order chi connectivity index (χ0) is 19.2. The number of aryl methyl sites for hydroxylation is 1. The number of anilines is 1. The molecule has 1 amide bonds. The number of hydrogen-bond donors (Lipinski definition) is 4. The minimum Gasteiger partial charge on any atom is -0.508 e. The van der Waals surface area contributed by atoms with Crippen molar-refractivity contribution in [1.82, 2.24) is 15.3 Å². The number of hydrogen-bond acceptors (Lipinski definition) is 5. The Balaban J connectivity index is 0.000000177. The molecule has 3 aromatic rings. The fourth-order valence-corrected chi connectivity index (χ4v) is 3.20. The highest BCUT2D eigenvalue weighted by Crippen LogP contribution is 2.26. The standard InChI is InChI=1S/C12H17N3O2.C8H8N2/c13-6-9-1-2-11(5-12(9)17)15-4-3-10(7-15)14-8-16;1-6-2-3-7-8(4-6)10-5-9-7/h1-2,5,8,10,17H,3-4,6-7,13H2,(H,14,16);2-5H,1H3,(H,9,10)/t10-;/m1./s1. The molecule has 5 N–H and O–H groups in total. The molecule has 0 saturated carbocycles. The molecule has 1 aliphatic rings. The van der Waals surface area contributed by atoms with Crippen LogP contribution in [0.5, 0.6) is 5.75 Å². The van der Waals surface area contributed by atoms with E-state index in [0.717, 1.165) is 48.2 Å². The van der Waals surface area contributed by atoms with Gasteiger partial charge < -0.3 is 26.0 Å². The van der Waals surface area contributed by atoms with E-state index in [-0.39, 0.29) is 11.8 Å². The summed E-state index contributed by atoms with van der Waals surface area (Å²) in [6, 6.07) is 11.9. The van der Waals surface area contributed by atoms with E-state index in [0.29, 0.717) is 6.54 Å². The predicted molar refractivity (Wildman–Crippen MR) is 107 cm³/mol. The Morgan fingerprint density at radius 2 is 2.22 bits per heavy atom. The zero-order valence-electron chi connectivity index (χ0n) is 15.4. The average molecular weight is 367 g/mol. The van der Waals surface area contributed by atoms with Crippen molar-refractivity contribution in [1.29, 1.82) is 0 Å². The van der Waals surface area contributed by atoms with Gasteiger partial charge in [0.2, 0.25) is 6.41 Å². The molecule has 0 radical (unpaired) electrons. The number of phenols is 1. The van der Waals surface area contributed by atoms with Gasteiger partial charge in [-0.2, -0.15) is 0 Å². The number of amides is 1. The largest absolute Gasteiger partial charge is 0.508 e. The molecule has 1 fully saturated rings. The van der Waals surface area contributed by atoms with Gasteiger partial charge in [0.1, 0.15) is 5.75 Å². The molecule has 2 aromatic carbocycles. The number of aromatic amines is 1. The molecule has 1 saturated heterocycles. The Bertz CT molecular complexity index is 908. The number of H-pyrrole nitrogens is 1. The molecule has 7 nitrogen and oxygen atoms in total. The maximum atomic E-state index is 10.4. The van der Waals surface area contributed by atoms with Crippen molar-refractivity contribution in [3.8, 4) is 5.75 Å². The van der Waals surface area contributed by atoms with Crippen molar-refractivity contribution in [2.24, 2.45) is 5.73 Å². The van der Waals surface area contributed by atoms with E-state index in [1.54, 1.807) is 12.4 Å². The number of benzene rings is 2. The number of aromatic nitrogens is 2. The summed E-state index contributed by atoms with van der Waals surface area (Å²) in [6.07, 6.45) is 3.38. The first-order valence-corrected chi connectivity index (χ1v) is 8.97.